The van der Waals surface area contributed by atoms with E-state index in [1.54, 1.807) is 0 Å². The summed E-state index contributed by atoms with van der Waals surface area (Å²) in [6.07, 6.45) is 0. The van der Waals surface area contributed by atoms with Gasteiger partial charge in [-0.3, -0.25) is 0 Å². The molecule has 0 heterocycles. The van der Waals surface area contributed by atoms with E-state index in [1.165, 1.54) is 0 Å². The summed E-state index contributed by atoms with van der Waals surface area (Å²) >= 11 is 0. The van der Waals surface area contributed by atoms with Crippen molar-refractivity contribution in [1.82, 2.24) is 0 Å². The first kappa shape index (κ1) is 751. The Bertz CT molecular complexity index is 13.0. The molecule has 0 saturated heterocycles. The van der Waals surface area contributed by atoms with Crippen LogP contribution in [0.25, 0.3) is 0 Å². The van der Waals surface area contributed by atoms with Crippen LogP contribution in [0.1, 0.15) is 0 Å². The van der Waals surface area contributed by atoms with Gasteiger partial charge in [0.05, 0.1) is 0 Å². The van der Waals surface area contributed by atoms with E-state index in [0.717, 1.165) is 0 Å². The molecule has 0 spiro atoms. The van der Waals surface area contributed by atoms with Crippen LogP contribution in [0.3, 0.4) is 0 Å². The molecule has 0 aliphatic rings. The minimum Gasteiger partial charge on any atom is -1.00 e. The van der Waals surface area contributed by atoms with E-state index in [0.29, 0.717) is 0 Å². The average Bonchev–Trinajstić information content (AvgIpc) is 0. The maximum Gasteiger partial charge on any atom is 4.00 e. The summed E-state index contributed by atoms with van der Waals surface area (Å²) in [6, 6.07) is 0. The molecule has 0 aromatic carbocycles. The van der Waals surface area contributed by atoms with Crippen LogP contribution in [0.2, 0.25) is 0 Å². The Morgan fingerprint density at radius 2 is 0.444 bits per heavy atom. The van der Waals surface area contributed by atoms with Crippen molar-refractivity contribution in [1.29, 1.82) is 0 Å². The molecule has 0 aromatic rings. The first-order chi connectivity index (χ1) is 0. The molecule has 0 rings (SSSR count). The summed E-state index contributed by atoms with van der Waals surface area (Å²) in [5.74, 6) is 0. The van der Waals surface area contributed by atoms with E-state index < -0.39 is 0 Å². The van der Waals surface area contributed by atoms with Gasteiger partial charge in [-0.25, -0.2) is 0 Å². The zero-order valence-corrected chi connectivity index (χ0v) is 9.40. The van der Waals surface area contributed by atoms with Gasteiger partial charge in [0.15, 0.2) is 0 Å². The fourth-order valence-corrected chi connectivity index (χ4v) is 0. The molecule has 0 saturated carbocycles. The van der Waals surface area contributed by atoms with Crippen LogP contribution >= 0.6 is 0 Å². The van der Waals surface area contributed by atoms with Crippen molar-refractivity contribution >= 4 is 0 Å². The van der Waals surface area contributed by atoms with Crippen LogP contribution in [0.15, 0.2) is 0 Å². The topological polar surface area (TPSA) is 31.5 Å². The monoisotopic (exact) mass is 286 g/mol. The second-order valence-electron chi connectivity index (χ2n) is 0. The summed E-state index contributed by atoms with van der Waals surface area (Å²) in [6.45, 7) is 0. The van der Waals surface area contributed by atoms with Gasteiger partial charge >= 0.3 is 45.7 Å². The molecule has 0 bridgehead atoms. The molecular formula is H2F6OZnZr. The second-order valence-corrected chi connectivity index (χ2v) is 0. The maximum atomic E-state index is 0. The minimum atomic E-state index is 0. The Morgan fingerprint density at radius 3 is 0.444 bits per heavy atom. The van der Waals surface area contributed by atoms with Crippen molar-refractivity contribution in [3.63, 3.8) is 0 Å². The molecule has 9 heteroatoms. The zero-order chi connectivity index (χ0) is 0. The van der Waals surface area contributed by atoms with Gasteiger partial charge in [-0.15, -0.1) is 0 Å². The fraction of sp³-hybridized carbons (Fsp3) is 0. The molecule has 1 nitrogen and oxygen atoms in total. The Labute approximate surface area is 79.4 Å². The van der Waals surface area contributed by atoms with E-state index in [4.69, 9.17) is 0 Å². The predicted molar refractivity (Wildman–Crippen MR) is 3.61 cm³/mol. The molecule has 56 valence electrons. The molecule has 0 aliphatic heterocycles. The van der Waals surface area contributed by atoms with Crippen LogP contribution in [-0.4, -0.2) is 5.48 Å². The third-order valence-corrected chi connectivity index (χ3v) is 0. The normalized spacial score (nSPS) is 0. The molecule has 9 heavy (non-hydrogen) atoms. The van der Waals surface area contributed by atoms with Gasteiger partial charge in [0.2, 0.25) is 0 Å². The van der Waals surface area contributed by atoms with E-state index in [1.807, 2.05) is 0 Å². The predicted octanol–water partition coefficient (Wildman–Crippen LogP) is -18.8. The van der Waals surface area contributed by atoms with Crippen LogP contribution < -0.4 is 28.2 Å². The maximum absolute atomic E-state index is 0. The van der Waals surface area contributed by atoms with Crippen LogP contribution in [0.4, 0.5) is 0 Å². The second kappa shape index (κ2) is 535. The average molecular weight is 289 g/mol. The van der Waals surface area contributed by atoms with Gasteiger partial charge < -0.3 is 33.7 Å². The van der Waals surface area contributed by atoms with Gasteiger partial charge in [-0.05, 0) is 0 Å². The zero-order valence-electron chi connectivity index (χ0n) is 3.97. The van der Waals surface area contributed by atoms with Crippen molar-refractivity contribution in [3.8, 4) is 0 Å². The molecule has 0 aliphatic carbocycles. The molecule has 0 radical (unpaired) electrons. The Morgan fingerprint density at radius 1 is 0.444 bits per heavy atom. The molecule has 0 amide bonds. The molecule has 0 unspecified atom stereocenters. The van der Waals surface area contributed by atoms with Crippen molar-refractivity contribution < 1.29 is 79.4 Å². The van der Waals surface area contributed by atoms with Crippen LogP contribution in [0, 0.1) is 0 Å². The first-order valence-electron chi connectivity index (χ1n) is 0. The summed E-state index contributed by atoms with van der Waals surface area (Å²) in [5, 5.41) is 0. The van der Waals surface area contributed by atoms with Gasteiger partial charge in [-0.1, -0.05) is 0 Å². The molecule has 2 N–H and O–H groups in total. The van der Waals surface area contributed by atoms with E-state index in [9.17, 15) is 0 Å². The summed E-state index contributed by atoms with van der Waals surface area (Å²) in [7, 11) is 0. The molecule has 0 atom stereocenters. The fourth-order valence-electron chi connectivity index (χ4n) is 0. The summed E-state index contributed by atoms with van der Waals surface area (Å²) < 4.78 is 0. The van der Waals surface area contributed by atoms with Crippen molar-refractivity contribution in [2.24, 2.45) is 0 Å². The quantitative estimate of drug-likeness (QED) is 0.313. The Balaban J connectivity index is 0. The summed E-state index contributed by atoms with van der Waals surface area (Å²) in [4.78, 5) is 0. The largest absolute Gasteiger partial charge is 4.00 e. The number of hydrogen-bond acceptors (Lipinski definition) is 0. The Kier molecular flexibility index (Phi) is 44600. The van der Waals surface area contributed by atoms with Crippen molar-refractivity contribution in [2.45, 2.75) is 0 Å². The van der Waals surface area contributed by atoms with Crippen molar-refractivity contribution in [2.75, 3.05) is 0 Å². The van der Waals surface area contributed by atoms with Gasteiger partial charge in [0, 0.05) is 0 Å². The van der Waals surface area contributed by atoms with Crippen molar-refractivity contribution in [3.05, 3.63) is 0 Å². The first-order valence-corrected chi connectivity index (χ1v) is 0. The standard InChI is InChI=1S/6FH.H2O.Zn.Zr/h6*1H;1H2;;/q;;;;;;;+2;+4/p-6. The van der Waals surface area contributed by atoms with Crippen LogP contribution in [0.5, 0.6) is 0 Å². The number of rotatable bonds is 0. The SMILES string of the molecule is O.[F-].[F-].[F-].[F-].[F-].[F-].[Zn+2].[Zr+4]. The van der Waals surface area contributed by atoms with E-state index in [-0.39, 0.29) is 79.4 Å². The molecule has 0 aromatic heterocycles. The van der Waals surface area contributed by atoms with Crippen LogP contribution in [-0.2, 0) is 45.7 Å². The van der Waals surface area contributed by atoms with E-state index >= 15 is 0 Å². The van der Waals surface area contributed by atoms with Gasteiger partial charge in [0.25, 0.3) is 0 Å². The third kappa shape index (κ3) is 410. The molecule has 0 fully saturated rings. The smallest absolute Gasteiger partial charge is 1.00 e. The molecular weight excluding hydrogens is 287 g/mol. The minimum absolute atomic E-state index is 0. The third-order valence-electron chi connectivity index (χ3n) is 0. The number of halogens is 6. The summed E-state index contributed by atoms with van der Waals surface area (Å²) in [5.41, 5.74) is 0. The number of hydrogen-bond donors (Lipinski definition) is 0. The van der Waals surface area contributed by atoms with E-state index in [2.05, 4.69) is 0 Å². The Hall–Kier alpha value is 1.05. The van der Waals surface area contributed by atoms with Gasteiger partial charge in [0.1, 0.15) is 0 Å². The van der Waals surface area contributed by atoms with Gasteiger partial charge in [-0.2, -0.15) is 0 Å².